The summed E-state index contributed by atoms with van der Waals surface area (Å²) in [4.78, 5) is 13.5. The van der Waals surface area contributed by atoms with Gasteiger partial charge in [0.2, 0.25) is 0 Å². The maximum Gasteiger partial charge on any atom is 0.325 e. The molecule has 2 saturated heterocycles. The van der Waals surface area contributed by atoms with Crippen LogP contribution in [0.25, 0.3) is 0 Å². The number of hydrogen-bond acceptors (Lipinski definition) is 6. The van der Waals surface area contributed by atoms with Gasteiger partial charge in [0.15, 0.2) is 9.84 Å². The van der Waals surface area contributed by atoms with Crippen LogP contribution in [0.1, 0.15) is 6.42 Å². The standard InChI is InChI=1S/C10H17NO5S/c1-15-10(12)9-6-16-4-3-11(9)8-2-5-17(13,14)7-8/h8-9H,2-7H2,1H3. The zero-order chi connectivity index (χ0) is 12.5. The number of carbonyl (C=O) groups is 1. The molecule has 0 bridgehead atoms. The van der Waals surface area contributed by atoms with Crippen LogP contribution in [0, 0.1) is 0 Å². The molecule has 2 rings (SSSR count). The van der Waals surface area contributed by atoms with Crippen LogP contribution in [0.4, 0.5) is 0 Å². The Morgan fingerprint density at radius 3 is 2.82 bits per heavy atom. The van der Waals surface area contributed by atoms with Crippen LogP contribution in [0.5, 0.6) is 0 Å². The predicted octanol–water partition coefficient (Wildman–Crippen LogP) is -0.953. The third kappa shape index (κ3) is 2.78. The molecule has 0 aromatic carbocycles. The highest BCUT2D eigenvalue weighted by atomic mass is 32.2. The number of methoxy groups -OCH3 is 1. The van der Waals surface area contributed by atoms with Crippen LogP contribution >= 0.6 is 0 Å². The molecule has 0 spiro atoms. The van der Waals surface area contributed by atoms with Crippen molar-refractivity contribution in [1.82, 2.24) is 4.90 Å². The number of sulfone groups is 1. The highest BCUT2D eigenvalue weighted by Gasteiger charge is 2.40. The number of morpholine rings is 1. The molecule has 0 N–H and O–H groups in total. The van der Waals surface area contributed by atoms with Crippen LogP contribution in [0.15, 0.2) is 0 Å². The zero-order valence-electron chi connectivity index (χ0n) is 9.79. The van der Waals surface area contributed by atoms with E-state index in [4.69, 9.17) is 9.47 Å². The average Bonchev–Trinajstić information content (AvgIpc) is 2.68. The van der Waals surface area contributed by atoms with E-state index in [9.17, 15) is 13.2 Å². The summed E-state index contributed by atoms with van der Waals surface area (Å²) in [5, 5.41) is 0. The number of rotatable bonds is 2. The summed E-state index contributed by atoms with van der Waals surface area (Å²) in [6.45, 7) is 1.40. The molecule has 2 unspecified atom stereocenters. The van der Waals surface area contributed by atoms with Crippen LogP contribution in [-0.2, 0) is 24.1 Å². The van der Waals surface area contributed by atoms with Crippen molar-refractivity contribution >= 4 is 15.8 Å². The van der Waals surface area contributed by atoms with Crippen molar-refractivity contribution in [2.75, 3.05) is 38.4 Å². The van der Waals surface area contributed by atoms with Gasteiger partial charge in [-0.15, -0.1) is 0 Å². The smallest absolute Gasteiger partial charge is 0.325 e. The first-order valence-corrected chi connectivity index (χ1v) is 7.47. The van der Waals surface area contributed by atoms with Crippen molar-refractivity contribution < 1.29 is 22.7 Å². The third-order valence-corrected chi connectivity index (χ3v) is 5.07. The van der Waals surface area contributed by atoms with E-state index in [2.05, 4.69) is 0 Å². The van der Waals surface area contributed by atoms with Crippen molar-refractivity contribution in [3.05, 3.63) is 0 Å². The first kappa shape index (κ1) is 12.8. The minimum Gasteiger partial charge on any atom is -0.468 e. The number of hydrogen-bond donors (Lipinski definition) is 0. The molecule has 98 valence electrons. The normalized spacial score (nSPS) is 33.5. The summed E-state index contributed by atoms with van der Waals surface area (Å²) in [7, 11) is -1.60. The lowest BCUT2D eigenvalue weighted by Crippen LogP contribution is -2.55. The van der Waals surface area contributed by atoms with E-state index in [-0.39, 0.29) is 30.1 Å². The quantitative estimate of drug-likeness (QED) is 0.598. The summed E-state index contributed by atoms with van der Waals surface area (Å²) < 4.78 is 32.9. The average molecular weight is 263 g/mol. The molecule has 2 aliphatic rings. The maximum absolute atomic E-state index is 11.6. The molecular weight excluding hydrogens is 246 g/mol. The second kappa shape index (κ2) is 4.91. The Morgan fingerprint density at radius 2 is 2.24 bits per heavy atom. The number of carbonyl (C=O) groups excluding carboxylic acids is 1. The van der Waals surface area contributed by atoms with E-state index in [1.807, 2.05) is 4.90 Å². The molecule has 0 radical (unpaired) electrons. The van der Waals surface area contributed by atoms with Gasteiger partial charge < -0.3 is 9.47 Å². The van der Waals surface area contributed by atoms with Crippen LogP contribution in [0.3, 0.4) is 0 Å². The Hall–Kier alpha value is -0.660. The molecule has 17 heavy (non-hydrogen) atoms. The lowest BCUT2D eigenvalue weighted by Gasteiger charge is -2.37. The fourth-order valence-corrected chi connectivity index (χ4v) is 4.17. The van der Waals surface area contributed by atoms with Gasteiger partial charge in [-0.1, -0.05) is 0 Å². The third-order valence-electron chi connectivity index (χ3n) is 3.32. The van der Waals surface area contributed by atoms with Crippen LogP contribution < -0.4 is 0 Å². The molecule has 0 aromatic rings. The van der Waals surface area contributed by atoms with E-state index in [1.54, 1.807) is 0 Å². The van der Waals surface area contributed by atoms with Crippen molar-refractivity contribution in [3.63, 3.8) is 0 Å². The van der Waals surface area contributed by atoms with Gasteiger partial charge in [-0.2, -0.15) is 0 Å². The summed E-state index contributed by atoms with van der Waals surface area (Å²) in [6.07, 6.45) is 0.593. The van der Waals surface area contributed by atoms with E-state index in [0.717, 1.165) is 0 Å². The van der Waals surface area contributed by atoms with Crippen LogP contribution in [0.2, 0.25) is 0 Å². The summed E-state index contributed by atoms with van der Waals surface area (Å²) in [5.41, 5.74) is 0. The van der Waals surface area contributed by atoms with Crippen molar-refractivity contribution in [2.45, 2.75) is 18.5 Å². The maximum atomic E-state index is 11.6. The Morgan fingerprint density at radius 1 is 1.47 bits per heavy atom. The fraction of sp³-hybridized carbons (Fsp3) is 0.900. The lowest BCUT2D eigenvalue weighted by molar-refractivity contribution is -0.154. The van der Waals surface area contributed by atoms with Gasteiger partial charge >= 0.3 is 5.97 Å². The second-order valence-electron chi connectivity index (χ2n) is 4.41. The number of esters is 1. The topological polar surface area (TPSA) is 72.9 Å². The number of nitrogens with zero attached hydrogens (tertiary/aromatic N) is 1. The molecule has 0 aliphatic carbocycles. The molecule has 2 atom stereocenters. The van der Waals surface area contributed by atoms with Gasteiger partial charge in [0, 0.05) is 12.6 Å². The van der Waals surface area contributed by atoms with Crippen molar-refractivity contribution in [2.24, 2.45) is 0 Å². The zero-order valence-corrected chi connectivity index (χ0v) is 10.6. The largest absolute Gasteiger partial charge is 0.468 e. The Kier molecular flexibility index (Phi) is 3.70. The molecule has 6 nitrogen and oxygen atoms in total. The minimum absolute atomic E-state index is 0.0759. The van der Waals surface area contributed by atoms with Gasteiger partial charge in [-0.3, -0.25) is 9.69 Å². The van der Waals surface area contributed by atoms with Gasteiger partial charge in [-0.25, -0.2) is 8.42 Å². The summed E-state index contributed by atoms with van der Waals surface area (Å²) >= 11 is 0. The molecule has 0 saturated carbocycles. The van der Waals surface area contributed by atoms with E-state index >= 15 is 0 Å². The summed E-state index contributed by atoms with van der Waals surface area (Å²) in [6, 6.07) is -0.542. The number of ether oxygens (including phenoxy) is 2. The Balaban J connectivity index is 2.09. The predicted molar refractivity (Wildman–Crippen MR) is 60.4 cm³/mol. The molecule has 7 heteroatoms. The SMILES string of the molecule is COC(=O)C1COCCN1C1CCS(=O)(=O)C1. The molecule has 2 fully saturated rings. The lowest BCUT2D eigenvalue weighted by atomic mass is 10.1. The molecular formula is C10H17NO5S. The molecule has 0 amide bonds. The molecule has 0 aromatic heterocycles. The monoisotopic (exact) mass is 263 g/mol. The second-order valence-corrected chi connectivity index (χ2v) is 6.64. The first-order valence-electron chi connectivity index (χ1n) is 5.65. The van der Waals surface area contributed by atoms with Gasteiger partial charge in [0.25, 0.3) is 0 Å². The summed E-state index contributed by atoms with van der Waals surface area (Å²) in [5.74, 6) is -0.00217. The Bertz CT molecular complexity index is 394. The minimum atomic E-state index is -2.94. The highest BCUT2D eigenvalue weighted by molar-refractivity contribution is 7.91. The van der Waals surface area contributed by atoms with Crippen LogP contribution in [-0.4, -0.2) is 69.7 Å². The van der Waals surface area contributed by atoms with E-state index in [1.165, 1.54) is 7.11 Å². The van der Waals surface area contributed by atoms with Gasteiger partial charge in [0.1, 0.15) is 6.04 Å². The fourth-order valence-electron chi connectivity index (χ4n) is 2.43. The Labute approximate surface area is 101 Å². The van der Waals surface area contributed by atoms with Crippen molar-refractivity contribution in [1.29, 1.82) is 0 Å². The highest BCUT2D eigenvalue weighted by Crippen LogP contribution is 2.22. The molecule has 2 heterocycles. The van der Waals surface area contributed by atoms with Gasteiger partial charge in [0.05, 0.1) is 31.8 Å². The first-order chi connectivity index (χ1) is 8.03. The van der Waals surface area contributed by atoms with E-state index < -0.39 is 15.9 Å². The molecule has 2 aliphatic heterocycles. The van der Waals surface area contributed by atoms with E-state index in [0.29, 0.717) is 19.6 Å². The van der Waals surface area contributed by atoms with Gasteiger partial charge in [-0.05, 0) is 6.42 Å². The van der Waals surface area contributed by atoms with Crippen molar-refractivity contribution in [3.8, 4) is 0 Å².